The van der Waals surface area contributed by atoms with E-state index in [1.807, 2.05) is 0 Å². The van der Waals surface area contributed by atoms with Crippen LogP contribution in [0.15, 0.2) is 127 Å². The molecule has 2 nitrogen and oxygen atoms in total. The number of anilines is 6. The minimum Gasteiger partial charge on any atom is -0.311 e. The van der Waals surface area contributed by atoms with E-state index in [2.05, 4.69) is 241 Å². The first-order valence-corrected chi connectivity index (χ1v) is 28.0. The van der Waals surface area contributed by atoms with Gasteiger partial charge in [-0.2, -0.15) is 0 Å². The zero-order valence-electron chi connectivity index (χ0n) is 50.3. The molecule has 2 heterocycles. The van der Waals surface area contributed by atoms with Crippen LogP contribution in [0.5, 0.6) is 0 Å². The molecule has 74 heavy (non-hydrogen) atoms. The van der Waals surface area contributed by atoms with Crippen molar-refractivity contribution in [3.8, 4) is 11.1 Å². The van der Waals surface area contributed by atoms with E-state index in [9.17, 15) is 0 Å². The van der Waals surface area contributed by atoms with Crippen LogP contribution in [0.2, 0.25) is 0 Å². The lowest BCUT2D eigenvalue weighted by Crippen LogP contribution is -2.62. The lowest BCUT2D eigenvalue weighted by molar-refractivity contribution is 0.331. The highest BCUT2D eigenvalue weighted by molar-refractivity contribution is 7.00. The summed E-state index contributed by atoms with van der Waals surface area (Å²) in [6.45, 7) is 34.0. The zero-order chi connectivity index (χ0) is 54.9. The van der Waals surface area contributed by atoms with Crippen LogP contribution in [0.3, 0.4) is 0 Å². The van der Waals surface area contributed by atoms with Gasteiger partial charge in [0.15, 0.2) is 0 Å². The van der Waals surface area contributed by atoms with Crippen LogP contribution in [0.4, 0.5) is 34.1 Å². The second kappa shape index (κ2) is 16.1. The van der Waals surface area contributed by atoms with Crippen molar-refractivity contribution in [3.63, 3.8) is 0 Å². The van der Waals surface area contributed by atoms with Crippen LogP contribution in [-0.4, -0.2) is 6.71 Å². The van der Waals surface area contributed by atoms with Gasteiger partial charge < -0.3 is 9.80 Å². The normalized spacial score (nSPS) is 20.5. The lowest BCUT2D eigenvalue weighted by Gasteiger charge is -2.48. The van der Waals surface area contributed by atoms with Crippen LogP contribution >= 0.6 is 0 Å². The van der Waals surface area contributed by atoms with Crippen molar-refractivity contribution in [1.29, 1.82) is 0 Å². The van der Waals surface area contributed by atoms with E-state index in [1.54, 1.807) is 0 Å². The maximum Gasteiger partial charge on any atom is 0.252 e. The average molecular weight is 976 g/mol. The largest absolute Gasteiger partial charge is 0.311 e. The number of hydrogen-bond acceptors (Lipinski definition) is 2. The lowest BCUT2D eigenvalue weighted by atomic mass is 9.32. The molecule has 0 saturated heterocycles. The Bertz CT molecular complexity index is 3570. The van der Waals surface area contributed by atoms with Gasteiger partial charge in [0, 0.05) is 43.5 Å². The number of rotatable bonds is 6. The summed E-state index contributed by atoms with van der Waals surface area (Å²) in [5, 5.41) is 0. The fourth-order valence-electron chi connectivity index (χ4n) is 15.1. The third-order valence-corrected chi connectivity index (χ3v) is 19.7. The molecular weight excluding hydrogens is 892 g/mol. The summed E-state index contributed by atoms with van der Waals surface area (Å²) in [5.41, 5.74) is 25.7. The maximum absolute atomic E-state index is 8.93. The SMILES string of the molecule is [2H]C([2H])([2H])Cc1cc2c3c(c1)N(c1ccc(C(C)(C)c4ccccc4)cc1-c1ccccc1)c1cc4c(cc1B3c1cc3c(cc1N2c1cc2c(cc1C)C(C)(C)CCC2(C)C)C(C)(C)CCC3(C)C)C(C)(C)CC4(C)C. The van der Waals surface area contributed by atoms with E-state index in [-0.39, 0.29) is 51.0 Å². The van der Waals surface area contributed by atoms with Gasteiger partial charge in [0.25, 0.3) is 6.71 Å². The third kappa shape index (κ3) is 7.24. The molecule has 0 bridgehead atoms. The fraction of sp³-hybridized carbons (Fsp3) is 0.408. The highest BCUT2D eigenvalue weighted by Crippen LogP contribution is 2.56. The minimum absolute atomic E-state index is 0.0232. The van der Waals surface area contributed by atoms with Gasteiger partial charge >= 0.3 is 0 Å². The quantitative estimate of drug-likeness (QED) is 0.153. The predicted molar refractivity (Wildman–Crippen MR) is 320 cm³/mol. The predicted octanol–water partition coefficient (Wildman–Crippen LogP) is 17.3. The molecule has 0 spiro atoms. The molecule has 0 aromatic heterocycles. The summed E-state index contributed by atoms with van der Waals surface area (Å²) in [6.07, 6.45) is 5.49. The molecular formula is C71H81BN2. The molecule has 378 valence electrons. The van der Waals surface area contributed by atoms with Crippen molar-refractivity contribution in [2.45, 2.75) is 187 Å². The summed E-state index contributed by atoms with van der Waals surface area (Å²) < 4.78 is 26.8. The Balaban J connectivity index is 1.24. The Hall–Kier alpha value is -5.80. The molecule has 0 unspecified atom stereocenters. The second-order valence-electron chi connectivity index (χ2n) is 28.0. The van der Waals surface area contributed by atoms with E-state index >= 15 is 0 Å². The van der Waals surface area contributed by atoms with E-state index in [1.165, 1.54) is 83.5 Å². The molecule has 7 aromatic carbocycles. The van der Waals surface area contributed by atoms with E-state index in [0.29, 0.717) is 0 Å². The van der Waals surface area contributed by atoms with Crippen molar-refractivity contribution in [3.05, 3.63) is 183 Å². The Morgan fingerprint density at radius 1 is 0.459 bits per heavy atom. The zero-order valence-corrected chi connectivity index (χ0v) is 47.3. The van der Waals surface area contributed by atoms with Crippen molar-refractivity contribution in [1.82, 2.24) is 0 Å². The van der Waals surface area contributed by atoms with Crippen molar-refractivity contribution in [2.75, 3.05) is 9.80 Å². The summed E-state index contributed by atoms with van der Waals surface area (Å²) in [5.74, 6) is 0. The monoisotopic (exact) mass is 976 g/mol. The van der Waals surface area contributed by atoms with Crippen LogP contribution in [0.1, 0.15) is 196 Å². The van der Waals surface area contributed by atoms with E-state index < -0.39 is 6.85 Å². The molecule has 0 amide bonds. The Kier molecular flexibility index (Phi) is 9.93. The first-order valence-electron chi connectivity index (χ1n) is 29.5. The molecule has 2 aliphatic heterocycles. The number of benzene rings is 7. The van der Waals surface area contributed by atoms with Gasteiger partial charge in [-0.3, -0.25) is 0 Å². The third-order valence-electron chi connectivity index (χ3n) is 19.7. The van der Waals surface area contributed by atoms with Crippen LogP contribution < -0.4 is 26.2 Å². The second-order valence-corrected chi connectivity index (χ2v) is 28.0. The fourth-order valence-corrected chi connectivity index (χ4v) is 15.1. The van der Waals surface area contributed by atoms with Crippen LogP contribution in [-0.2, 0) is 44.3 Å². The first-order chi connectivity index (χ1) is 35.9. The molecule has 3 heteroatoms. The van der Waals surface area contributed by atoms with Gasteiger partial charge in [0.05, 0.1) is 5.69 Å². The summed E-state index contributed by atoms with van der Waals surface area (Å²) in [7, 11) is 0. The first kappa shape index (κ1) is 45.6. The van der Waals surface area contributed by atoms with Crippen molar-refractivity contribution in [2.24, 2.45) is 0 Å². The van der Waals surface area contributed by atoms with E-state index in [0.717, 1.165) is 65.9 Å². The molecule has 5 aliphatic rings. The molecule has 7 aromatic rings. The molecule has 0 radical (unpaired) electrons. The van der Waals surface area contributed by atoms with Gasteiger partial charge in [-0.15, -0.1) is 0 Å². The summed E-state index contributed by atoms with van der Waals surface area (Å²) in [6, 6.07) is 49.1. The maximum atomic E-state index is 8.93. The topological polar surface area (TPSA) is 6.48 Å². The number of fused-ring (bicyclic) bond motifs is 7. The average Bonchev–Trinajstić information content (AvgIpc) is 3.68. The Morgan fingerprint density at radius 2 is 0.905 bits per heavy atom. The van der Waals surface area contributed by atoms with Crippen molar-refractivity contribution < 1.29 is 4.11 Å². The highest BCUT2D eigenvalue weighted by Gasteiger charge is 2.50. The van der Waals surface area contributed by atoms with Crippen molar-refractivity contribution >= 4 is 57.2 Å². The molecule has 0 fully saturated rings. The highest BCUT2D eigenvalue weighted by atomic mass is 15.2. The van der Waals surface area contributed by atoms with Gasteiger partial charge in [0.1, 0.15) is 0 Å². The number of hydrogen-bond donors (Lipinski definition) is 0. The molecule has 3 aliphatic carbocycles. The molecule has 0 N–H and O–H groups in total. The number of nitrogens with zero attached hydrogens (tertiary/aromatic N) is 2. The van der Waals surface area contributed by atoms with Gasteiger partial charge in [0.2, 0.25) is 0 Å². The Labute approximate surface area is 450 Å². The van der Waals surface area contributed by atoms with Gasteiger partial charge in [-0.1, -0.05) is 189 Å². The molecule has 0 atom stereocenters. The summed E-state index contributed by atoms with van der Waals surface area (Å²) >= 11 is 0. The molecule has 0 saturated carbocycles. The summed E-state index contributed by atoms with van der Waals surface area (Å²) in [4.78, 5) is 5.20. The minimum atomic E-state index is -2.20. The smallest absolute Gasteiger partial charge is 0.252 e. The van der Waals surface area contributed by atoms with Gasteiger partial charge in [-0.25, -0.2) is 0 Å². The number of aryl methyl sites for hydroxylation is 2. The van der Waals surface area contributed by atoms with Crippen LogP contribution in [0, 0.1) is 6.92 Å². The Morgan fingerprint density at radius 3 is 1.43 bits per heavy atom. The van der Waals surface area contributed by atoms with Gasteiger partial charge in [-0.05, 0) is 198 Å². The standard InChI is InChI=1S/C71H81BN2/c1-17-45-35-62-64-63(36-45)74(59-40-53-50(34-44(59)2)65(3,4)30-32-67(53,7)8)61-41-54-51(66(5,6)31-33-68(54,9)10)38-56(61)72(64)57-39-52-55(70(13,14)43-69(52,11)12)42-60(57)73(62)58-29-28-48(37-49(58)46-24-20-18-21-25-46)71(15,16)47-26-22-19-23-27-47/h18-29,34-42H,17,30-33,43H2,1-16H3/i1D3. The van der Waals surface area contributed by atoms with E-state index in [4.69, 9.17) is 4.11 Å². The molecule has 12 rings (SSSR count). The van der Waals surface area contributed by atoms with Crippen LogP contribution in [0.25, 0.3) is 11.1 Å².